The summed E-state index contributed by atoms with van der Waals surface area (Å²) in [4.78, 5) is 23.8. The molecule has 0 saturated carbocycles. The van der Waals surface area contributed by atoms with Gasteiger partial charge in [-0.3, -0.25) is 9.59 Å². The van der Waals surface area contributed by atoms with Crippen LogP contribution in [0.1, 0.15) is 142 Å². The van der Waals surface area contributed by atoms with Gasteiger partial charge in [-0.2, -0.15) is 0 Å². The summed E-state index contributed by atoms with van der Waals surface area (Å²) >= 11 is 0. The third kappa shape index (κ3) is 31.2. The molecule has 0 aliphatic rings. The van der Waals surface area contributed by atoms with E-state index >= 15 is 0 Å². The zero-order valence-electron chi connectivity index (χ0n) is 27.9. The monoisotopic (exact) mass is 620 g/mol. The van der Waals surface area contributed by atoms with E-state index in [2.05, 4.69) is 19.9 Å². The summed E-state index contributed by atoms with van der Waals surface area (Å²) in [7, 11) is 0. The Bertz CT molecular complexity index is 787. The minimum atomic E-state index is -1.05. The highest BCUT2D eigenvalue weighted by molar-refractivity contribution is 5.69. The standard InChI is InChI=1S/C37H64O7/c1-3-5-7-9-11-12-13-14-15-17-23-29-36(41)43-31-35(40)32-44-37(42)30-24-28-34(39)27-22-19-18-21-26-33(38)25-20-16-10-8-6-4-2/h16,18-22,26-27,33-35,38-40H,3-15,17,23-25,28-32H2,1-2H3/b19-18+,20-16-,26-21+,27-22-/t33-,34-,35+/m1/s1. The molecular weight excluding hydrogens is 556 g/mol. The average Bonchev–Trinajstić information content (AvgIpc) is 3.01. The Labute approximate surface area is 268 Å². The molecule has 0 amide bonds. The van der Waals surface area contributed by atoms with E-state index in [4.69, 9.17) is 9.47 Å². The van der Waals surface area contributed by atoms with Crippen LogP contribution in [0.2, 0.25) is 0 Å². The molecule has 44 heavy (non-hydrogen) atoms. The maximum Gasteiger partial charge on any atom is 0.305 e. The van der Waals surface area contributed by atoms with Gasteiger partial charge in [0.2, 0.25) is 0 Å². The second-order valence-electron chi connectivity index (χ2n) is 11.7. The number of aliphatic hydroxyl groups excluding tert-OH is 3. The molecular formula is C37H64O7. The van der Waals surface area contributed by atoms with E-state index in [9.17, 15) is 24.9 Å². The van der Waals surface area contributed by atoms with Crippen LogP contribution in [-0.4, -0.2) is 58.8 Å². The van der Waals surface area contributed by atoms with E-state index in [1.807, 2.05) is 6.08 Å². The summed E-state index contributed by atoms with van der Waals surface area (Å²) < 4.78 is 10.2. The van der Waals surface area contributed by atoms with Crippen LogP contribution in [0.25, 0.3) is 0 Å². The number of carbonyl (C=O) groups is 2. The number of hydrogen-bond acceptors (Lipinski definition) is 7. The lowest BCUT2D eigenvalue weighted by molar-refractivity contribution is -0.152. The number of carbonyl (C=O) groups excluding carboxylic acids is 2. The molecule has 0 aromatic rings. The van der Waals surface area contributed by atoms with Crippen molar-refractivity contribution in [2.24, 2.45) is 0 Å². The van der Waals surface area contributed by atoms with E-state index < -0.39 is 24.3 Å². The van der Waals surface area contributed by atoms with Crippen molar-refractivity contribution < 1.29 is 34.4 Å². The van der Waals surface area contributed by atoms with E-state index in [0.717, 1.165) is 25.7 Å². The Hall–Kier alpha value is -2.22. The van der Waals surface area contributed by atoms with Gasteiger partial charge in [-0.15, -0.1) is 0 Å². The predicted molar refractivity (Wildman–Crippen MR) is 180 cm³/mol. The van der Waals surface area contributed by atoms with Crippen LogP contribution in [0.5, 0.6) is 0 Å². The number of rotatable bonds is 30. The maximum atomic E-state index is 11.9. The molecule has 0 aliphatic carbocycles. The van der Waals surface area contributed by atoms with Crippen LogP contribution in [0.4, 0.5) is 0 Å². The molecule has 3 N–H and O–H groups in total. The molecule has 0 aromatic carbocycles. The van der Waals surface area contributed by atoms with Gasteiger partial charge in [0.15, 0.2) is 0 Å². The number of hydrogen-bond donors (Lipinski definition) is 3. The number of aliphatic hydroxyl groups is 3. The Balaban J connectivity index is 3.77. The molecule has 0 spiro atoms. The number of allylic oxidation sites excluding steroid dienone is 5. The first-order chi connectivity index (χ1) is 21.4. The molecule has 0 unspecified atom stereocenters. The van der Waals surface area contributed by atoms with Gasteiger partial charge in [0.1, 0.15) is 19.3 Å². The SMILES string of the molecule is CCCCC/C=C\C[C@@H](O)/C=C/C=C/C=C\[C@@H](O)CCCC(=O)OC[C@@H](O)COC(=O)CCCCCCCCCCCCC. The fourth-order valence-corrected chi connectivity index (χ4v) is 4.51. The van der Waals surface area contributed by atoms with E-state index in [-0.39, 0.29) is 25.6 Å². The minimum absolute atomic E-state index is 0.125. The highest BCUT2D eigenvalue weighted by Gasteiger charge is 2.12. The lowest BCUT2D eigenvalue weighted by atomic mass is 10.1. The van der Waals surface area contributed by atoms with Crippen LogP contribution in [0.15, 0.2) is 48.6 Å². The quantitative estimate of drug-likeness (QED) is 0.0321. The first-order valence-electron chi connectivity index (χ1n) is 17.4. The largest absolute Gasteiger partial charge is 0.463 e. The van der Waals surface area contributed by atoms with E-state index in [1.165, 1.54) is 70.6 Å². The van der Waals surface area contributed by atoms with Crippen LogP contribution >= 0.6 is 0 Å². The summed E-state index contributed by atoms with van der Waals surface area (Å²) in [6.07, 6.45) is 32.2. The van der Waals surface area contributed by atoms with Crippen LogP contribution in [0, 0.1) is 0 Å². The zero-order chi connectivity index (χ0) is 32.5. The van der Waals surface area contributed by atoms with Crippen molar-refractivity contribution in [2.75, 3.05) is 13.2 Å². The molecule has 0 fully saturated rings. The van der Waals surface area contributed by atoms with E-state index in [1.54, 1.807) is 36.5 Å². The molecule has 0 radical (unpaired) electrons. The second-order valence-corrected chi connectivity index (χ2v) is 11.7. The molecule has 0 saturated heterocycles. The van der Waals surface area contributed by atoms with Gasteiger partial charge in [-0.05, 0) is 38.5 Å². The highest BCUT2D eigenvalue weighted by Crippen LogP contribution is 2.12. The van der Waals surface area contributed by atoms with Gasteiger partial charge in [-0.25, -0.2) is 0 Å². The topological polar surface area (TPSA) is 113 Å². The van der Waals surface area contributed by atoms with Crippen LogP contribution in [-0.2, 0) is 19.1 Å². The van der Waals surface area contributed by atoms with Gasteiger partial charge in [0.25, 0.3) is 0 Å². The Morgan fingerprint density at radius 1 is 0.568 bits per heavy atom. The zero-order valence-corrected chi connectivity index (χ0v) is 27.9. The molecule has 7 nitrogen and oxygen atoms in total. The molecule has 0 heterocycles. The molecule has 7 heteroatoms. The Morgan fingerprint density at radius 3 is 1.61 bits per heavy atom. The molecule has 3 atom stereocenters. The summed E-state index contributed by atoms with van der Waals surface area (Å²) in [5, 5.41) is 29.9. The van der Waals surface area contributed by atoms with Crippen molar-refractivity contribution in [3.8, 4) is 0 Å². The van der Waals surface area contributed by atoms with Crippen molar-refractivity contribution in [1.29, 1.82) is 0 Å². The summed E-state index contributed by atoms with van der Waals surface area (Å²) in [5.41, 5.74) is 0. The Kier molecular flexibility index (Phi) is 30.6. The number of ether oxygens (including phenoxy) is 2. The van der Waals surface area contributed by atoms with Gasteiger partial charge in [0, 0.05) is 12.8 Å². The molecule has 0 rings (SSSR count). The molecule has 0 aromatic heterocycles. The highest BCUT2D eigenvalue weighted by atomic mass is 16.6. The van der Waals surface area contributed by atoms with Crippen LogP contribution < -0.4 is 0 Å². The summed E-state index contributed by atoms with van der Waals surface area (Å²) in [6, 6.07) is 0. The third-order valence-electron chi connectivity index (χ3n) is 7.26. The molecule has 254 valence electrons. The summed E-state index contributed by atoms with van der Waals surface area (Å²) in [6.45, 7) is 4.00. The van der Waals surface area contributed by atoms with E-state index in [0.29, 0.717) is 25.7 Å². The van der Waals surface area contributed by atoms with Crippen molar-refractivity contribution in [3.05, 3.63) is 48.6 Å². The normalized spacial score (nSPS) is 14.2. The van der Waals surface area contributed by atoms with Gasteiger partial charge in [0.05, 0.1) is 12.2 Å². The first kappa shape index (κ1) is 41.8. The third-order valence-corrected chi connectivity index (χ3v) is 7.26. The van der Waals surface area contributed by atoms with Crippen molar-refractivity contribution >= 4 is 11.9 Å². The fraction of sp³-hybridized carbons (Fsp3) is 0.730. The Morgan fingerprint density at radius 2 is 1.05 bits per heavy atom. The van der Waals surface area contributed by atoms with Crippen molar-refractivity contribution in [2.45, 2.75) is 161 Å². The number of esters is 2. The summed E-state index contributed by atoms with van der Waals surface area (Å²) in [5.74, 6) is -0.801. The van der Waals surface area contributed by atoms with Gasteiger partial charge >= 0.3 is 11.9 Å². The smallest absolute Gasteiger partial charge is 0.305 e. The minimum Gasteiger partial charge on any atom is -0.463 e. The molecule has 0 bridgehead atoms. The lowest BCUT2D eigenvalue weighted by Gasteiger charge is -2.12. The fourth-order valence-electron chi connectivity index (χ4n) is 4.51. The van der Waals surface area contributed by atoms with Gasteiger partial charge < -0.3 is 24.8 Å². The lowest BCUT2D eigenvalue weighted by Crippen LogP contribution is -2.25. The molecule has 0 aliphatic heterocycles. The van der Waals surface area contributed by atoms with Crippen molar-refractivity contribution in [3.63, 3.8) is 0 Å². The second kappa shape index (κ2) is 32.2. The average molecular weight is 621 g/mol. The van der Waals surface area contributed by atoms with Gasteiger partial charge in [-0.1, -0.05) is 140 Å². The van der Waals surface area contributed by atoms with Crippen LogP contribution in [0.3, 0.4) is 0 Å². The number of unbranched alkanes of at least 4 members (excludes halogenated alkanes) is 13. The predicted octanol–water partition coefficient (Wildman–Crippen LogP) is 8.22. The maximum absolute atomic E-state index is 11.9. The van der Waals surface area contributed by atoms with Crippen molar-refractivity contribution in [1.82, 2.24) is 0 Å². The first-order valence-corrected chi connectivity index (χ1v) is 17.4.